The third-order valence-corrected chi connectivity index (χ3v) is 3.37. The Balaban J connectivity index is 2.32. The first-order valence-electron chi connectivity index (χ1n) is 6.83. The van der Waals surface area contributed by atoms with Gasteiger partial charge in [-0.2, -0.15) is 0 Å². The largest absolute Gasteiger partial charge is 0.332 e. The van der Waals surface area contributed by atoms with Gasteiger partial charge in [0.2, 0.25) is 0 Å². The van der Waals surface area contributed by atoms with Crippen molar-refractivity contribution in [3.8, 4) is 0 Å². The number of rotatable bonds is 6. The molecule has 0 radical (unpaired) electrons. The molecule has 0 bridgehead atoms. The van der Waals surface area contributed by atoms with Crippen LogP contribution in [-0.4, -0.2) is 16.6 Å². The van der Waals surface area contributed by atoms with Crippen LogP contribution < -0.4 is 5.32 Å². The van der Waals surface area contributed by atoms with Crippen LogP contribution in [0.15, 0.2) is 24.5 Å². The molecule has 3 nitrogen and oxygen atoms in total. The van der Waals surface area contributed by atoms with Gasteiger partial charge in [-0.1, -0.05) is 20.3 Å². The number of pyridine rings is 1. The summed E-state index contributed by atoms with van der Waals surface area (Å²) in [7, 11) is 1.99. The quantitative estimate of drug-likeness (QED) is 0.847. The highest BCUT2D eigenvalue weighted by Crippen LogP contribution is 2.21. The lowest BCUT2D eigenvalue weighted by Gasteiger charge is -2.11. The molecule has 3 heteroatoms. The minimum absolute atomic E-state index is 0.704. The first kappa shape index (κ1) is 13.1. The number of hydrogen-bond donors (Lipinski definition) is 1. The Labute approximate surface area is 109 Å². The van der Waals surface area contributed by atoms with Crippen molar-refractivity contribution < 1.29 is 0 Å². The summed E-state index contributed by atoms with van der Waals surface area (Å²) >= 11 is 0. The van der Waals surface area contributed by atoms with Crippen molar-refractivity contribution in [3.63, 3.8) is 0 Å². The summed E-state index contributed by atoms with van der Waals surface area (Å²) in [5.74, 6) is 0.704. The zero-order valence-corrected chi connectivity index (χ0v) is 11.6. The summed E-state index contributed by atoms with van der Waals surface area (Å²) in [6, 6.07) is 4.18. The predicted octanol–water partition coefficient (Wildman–Crippen LogP) is 3.19. The highest BCUT2D eigenvalue weighted by atomic mass is 15.0. The number of nitrogens with one attached hydrogen (secondary N) is 1. The van der Waals surface area contributed by atoms with Gasteiger partial charge in [0.25, 0.3) is 0 Å². The average molecular weight is 245 g/mol. The number of fused-ring (bicyclic) bond motifs is 1. The molecule has 2 aromatic rings. The Kier molecular flexibility index (Phi) is 4.37. The Morgan fingerprint density at radius 3 is 3.00 bits per heavy atom. The van der Waals surface area contributed by atoms with Crippen LogP contribution in [0, 0.1) is 5.92 Å². The van der Waals surface area contributed by atoms with E-state index in [-0.39, 0.29) is 0 Å². The molecule has 0 saturated heterocycles. The highest BCUT2D eigenvalue weighted by molar-refractivity contribution is 5.80. The van der Waals surface area contributed by atoms with Crippen LogP contribution in [0.1, 0.15) is 32.3 Å². The molecule has 0 fully saturated rings. The minimum Gasteiger partial charge on any atom is -0.332 e. The molecule has 98 valence electrons. The molecule has 0 spiro atoms. The van der Waals surface area contributed by atoms with Crippen LogP contribution in [-0.2, 0) is 13.1 Å². The monoisotopic (exact) mass is 245 g/mol. The second-order valence-electron chi connectivity index (χ2n) is 5.11. The van der Waals surface area contributed by atoms with E-state index in [1.165, 1.54) is 23.8 Å². The first-order valence-corrected chi connectivity index (χ1v) is 6.83. The molecule has 2 aromatic heterocycles. The lowest BCUT2D eigenvalue weighted by Crippen LogP contribution is -2.07. The summed E-state index contributed by atoms with van der Waals surface area (Å²) in [5, 5.41) is 4.50. The SMILES string of the molecule is CCCC(C)Cn1cc(CNC)c2cccnc21. The summed E-state index contributed by atoms with van der Waals surface area (Å²) < 4.78 is 2.31. The van der Waals surface area contributed by atoms with E-state index in [1.807, 2.05) is 19.3 Å². The zero-order chi connectivity index (χ0) is 13.0. The maximum atomic E-state index is 4.53. The van der Waals surface area contributed by atoms with E-state index in [0.29, 0.717) is 5.92 Å². The van der Waals surface area contributed by atoms with Crippen molar-refractivity contribution in [2.45, 2.75) is 39.8 Å². The first-order chi connectivity index (χ1) is 8.76. The van der Waals surface area contributed by atoms with E-state index in [1.54, 1.807) is 0 Å². The van der Waals surface area contributed by atoms with Crippen molar-refractivity contribution in [1.82, 2.24) is 14.9 Å². The minimum atomic E-state index is 0.704. The van der Waals surface area contributed by atoms with Gasteiger partial charge < -0.3 is 9.88 Å². The second kappa shape index (κ2) is 6.01. The Bertz CT molecular complexity index is 501. The third kappa shape index (κ3) is 2.72. The standard InChI is InChI=1S/C15H23N3/c1-4-6-12(2)10-18-11-13(9-16-3)14-7-5-8-17-15(14)18/h5,7-8,11-12,16H,4,6,9-10H2,1-3H3. The maximum Gasteiger partial charge on any atom is 0.140 e. The number of aromatic nitrogens is 2. The van der Waals surface area contributed by atoms with Gasteiger partial charge in [-0.25, -0.2) is 4.98 Å². The second-order valence-corrected chi connectivity index (χ2v) is 5.11. The van der Waals surface area contributed by atoms with Gasteiger partial charge in [0.15, 0.2) is 0 Å². The van der Waals surface area contributed by atoms with Crippen LogP contribution in [0.5, 0.6) is 0 Å². The molecule has 1 atom stereocenters. The van der Waals surface area contributed by atoms with Gasteiger partial charge in [-0.05, 0) is 37.1 Å². The lowest BCUT2D eigenvalue weighted by atomic mass is 10.1. The van der Waals surface area contributed by atoms with Crippen molar-refractivity contribution in [3.05, 3.63) is 30.1 Å². The van der Waals surface area contributed by atoms with Crippen molar-refractivity contribution >= 4 is 11.0 Å². The Morgan fingerprint density at radius 2 is 2.28 bits per heavy atom. The molecule has 2 heterocycles. The van der Waals surface area contributed by atoms with Gasteiger partial charge in [0.1, 0.15) is 5.65 Å². The van der Waals surface area contributed by atoms with Crippen LogP contribution in [0.3, 0.4) is 0 Å². The molecule has 0 aliphatic heterocycles. The summed E-state index contributed by atoms with van der Waals surface area (Å²) in [6.07, 6.45) is 6.65. The topological polar surface area (TPSA) is 29.9 Å². The van der Waals surface area contributed by atoms with Crippen molar-refractivity contribution in [2.75, 3.05) is 7.05 Å². The van der Waals surface area contributed by atoms with Crippen LogP contribution in [0.2, 0.25) is 0 Å². The van der Waals surface area contributed by atoms with Gasteiger partial charge in [-0.15, -0.1) is 0 Å². The molecule has 1 unspecified atom stereocenters. The Morgan fingerprint density at radius 1 is 1.44 bits per heavy atom. The molecule has 0 amide bonds. The molecule has 0 saturated carbocycles. The molecule has 1 N–H and O–H groups in total. The predicted molar refractivity (Wildman–Crippen MR) is 76.6 cm³/mol. The highest BCUT2D eigenvalue weighted by Gasteiger charge is 2.10. The van der Waals surface area contributed by atoms with Crippen LogP contribution in [0.4, 0.5) is 0 Å². The van der Waals surface area contributed by atoms with Gasteiger partial charge in [-0.3, -0.25) is 0 Å². The average Bonchev–Trinajstić information content (AvgIpc) is 2.69. The summed E-state index contributed by atoms with van der Waals surface area (Å²) in [5.41, 5.74) is 2.45. The fourth-order valence-electron chi connectivity index (χ4n) is 2.59. The Hall–Kier alpha value is -1.35. The number of nitrogens with zero attached hydrogens (tertiary/aromatic N) is 2. The maximum absolute atomic E-state index is 4.53. The summed E-state index contributed by atoms with van der Waals surface area (Å²) in [6.45, 7) is 6.52. The summed E-state index contributed by atoms with van der Waals surface area (Å²) in [4.78, 5) is 4.53. The zero-order valence-electron chi connectivity index (χ0n) is 11.6. The molecule has 0 aliphatic rings. The molecular weight excluding hydrogens is 222 g/mol. The van der Waals surface area contributed by atoms with Gasteiger partial charge in [0, 0.05) is 30.9 Å². The lowest BCUT2D eigenvalue weighted by molar-refractivity contribution is 0.451. The molecule has 2 rings (SSSR count). The fourth-order valence-corrected chi connectivity index (χ4v) is 2.59. The van der Waals surface area contributed by atoms with Crippen LogP contribution >= 0.6 is 0 Å². The smallest absolute Gasteiger partial charge is 0.140 e. The van der Waals surface area contributed by atoms with E-state index in [4.69, 9.17) is 0 Å². The molecular formula is C15H23N3. The van der Waals surface area contributed by atoms with Crippen molar-refractivity contribution in [2.24, 2.45) is 5.92 Å². The van der Waals surface area contributed by atoms with E-state index in [2.05, 4.69) is 41.0 Å². The van der Waals surface area contributed by atoms with E-state index in [9.17, 15) is 0 Å². The van der Waals surface area contributed by atoms with E-state index < -0.39 is 0 Å². The van der Waals surface area contributed by atoms with Gasteiger partial charge in [0.05, 0.1) is 0 Å². The molecule has 0 aromatic carbocycles. The van der Waals surface area contributed by atoms with E-state index >= 15 is 0 Å². The normalized spacial score (nSPS) is 13.1. The fraction of sp³-hybridized carbons (Fsp3) is 0.533. The van der Waals surface area contributed by atoms with E-state index in [0.717, 1.165) is 18.7 Å². The molecule has 18 heavy (non-hydrogen) atoms. The van der Waals surface area contributed by atoms with Crippen molar-refractivity contribution in [1.29, 1.82) is 0 Å². The number of hydrogen-bond acceptors (Lipinski definition) is 2. The van der Waals surface area contributed by atoms with Gasteiger partial charge >= 0.3 is 0 Å². The van der Waals surface area contributed by atoms with Crippen LogP contribution in [0.25, 0.3) is 11.0 Å². The molecule has 0 aliphatic carbocycles. The third-order valence-electron chi connectivity index (χ3n) is 3.37.